The number of aryl methyl sites for hydroxylation is 1. The van der Waals surface area contributed by atoms with Gasteiger partial charge in [0.05, 0.1) is 11.3 Å². The van der Waals surface area contributed by atoms with Gasteiger partial charge in [-0.1, -0.05) is 30.3 Å². The van der Waals surface area contributed by atoms with Crippen LogP contribution in [0.1, 0.15) is 83.4 Å². The van der Waals surface area contributed by atoms with Gasteiger partial charge >= 0.3 is 6.09 Å². The van der Waals surface area contributed by atoms with Crippen LogP contribution in [0.25, 0.3) is 11.1 Å². The van der Waals surface area contributed by atoms with Crippen molar-refractivity contribution >= 4 is 45.1 Å². The van der Waals surface area contributed by atoms with Crippen LogP contribution in [0.15, 0.2) is 65.6 Å². The second-order valence-corrected chi connectivity index (χ2v) is 17.4. The second-order valence-electron chi connectivity index (χ2n) is 15.7. The predicted molar refractivity (Wildman–Crippen MR) is 206 cm³/mol. The summed E-state index contributed by atoms with van der Waals surface area (Å²) in [6, 6.07) is 18.0. The third-order valence-corrected chi connectivity index (χ3v) is 11.4. The van der Waals surface area contributed by atoms with Gasteiger partial charge in [-0.2, -0.15) is 0 Å². The van der Waals surface area contributed by atoms with Crippen LogP contribution in [0, 0.1) is 24.7 Å². The number of Topliss-reactive ketones (excluding diaryl/α,β-unsaturated/α-hetero) is 1. The van der Waals surface area contributed by atoms with Gasteiger partial charge in [0.1, 0.15) is 11.4 Å². The summed E-state index contributed by atoms with van der Waals surface area (Å²) in [7, 11) is -3.62. The van der Waals surface area contributed by atoms with E-state index in [2.05, 4.69) is 20.7 Å². The number of fused-ring (bicyclic) bond motifs is 1. The Labute approximate surface area is 313 Å². The number of hydrogen-bond donors (Lipinski definition) is 4. The Bertz CT molecular complexity index is 1940. The van der Waals surface area contributed by atoms with Gasteiger partial charge in [0.2, 0.25) is 21.8 Å². The van der Waals surface area contributed by atoms with Crippen molar-refractivity contribution in [3.63, 3.8) is 0 Å². The van der Waals surface area contributed by atoms with Gasteiger partial charge in [-0.3, -0.25) is 14.4 Å². The van der Waals surface area contributed by atoms with Gasteiger partial charge in [-0.15, -0.1) is 0 Å². The van der Waals surface area contributed by atoms with Gasteiger partial charge in [0, 0.05) is 42.2 Å². The number of anilines is 2. The first kappa shape index (κ1) is 39.7. The number of hydrogen-bond acceptors (Lipinski definition) is 7. The van der Waals surface area contributed by atoms with E-state index < -0.39 is 27.6 Å². The first-order chi connectivity index (χ1) is 25.0. The first-order valence-electron chi connectivity index (χ1n) is 18.4. The molecule has 1 saturated carbocycles. The summed E-state index contributed by atoms with van der Waals surface area (Å²) in [4.78, 5) is 51.8. The van der Waals surface area contributed by atoms with Crippen LogP contribution in [-0.4, -0.2) is 50.3 Å². The number of rotatable bonds is 13. The summed E-state index contributed by atoms with van der Waals surface area (Å²) in [6.07, 6.45) is 3.22. The Balaban J connectivity index is 1.27. The third-order valence-electron chi connectivity index (χ3n) is 9.70. The average Bonchev–Trinajstić information content (AvgIpc) is 3.45. The molecule has 11 nitrogen and oxygen atoms in total. The Kier molecular flexibility index (Phi) is 12.4. The quantitative estimate of drug-likeness (QED) is 0.148. The smallest absolute Gasteiger partial charge is 0.407 e. The SMILES string of the molecule is Cc1cc(S(=O)(=O)NC(C)C)ccc1-c1ccc(C[C@H](CC(=O)C2CCC(CNC(=O)OC(C)(C)C)CC2)C(=O)Nc2ccc3c(c2)CC(=O)N3)cc1. The van der Waals surface area contributed by atoms with E-state index in [1.807, 2.05) is 52.0 Å². The van der Waals surface area contributed by atoms with Gasteiger partial charge in [0.15, 0.2) is 0 Å². The molecule has 3 aromatic rings. The topological polar surface area (TPSA) is 160 Å². The lowest BCUT2D eigenvalue weighted by Crippen LogP contribution is -2.37. The van der Waals surface area contributed by atoms with Crippen LogP contribution < -0.4 is 20.7 Å². The van der Waals surface area contributed by atoms with Crippen LogP contribution in [0.2, 0.25) is 0 Å². The largest absolute Gasteiger partial charge is 0.444 e. The van der Waals surface area contributed by atoms with Crippen molar-refractivity contribution in [1.82, 2.24) is 10.0 Å². The average molecular weight is 745 g/mol. The Morgan fingerprint density at radius 2 is 1.64 bits per heavy atom. The summed E-state index contributed by atoms with van der Waals surface area (Å²) < 4.78 is 33.4. The summed E-state index contributed by atoms with van der Waals surface area (Å²) in [5, 5.41) is 8.66. The van der Waals surface area contributed by atoms with Crippen LogP contribution in [-0.2, 0) is 42.0 Å². The van der Waals surface area contributed by atoms with Crippen molar-refractivity contribution in [2.45, 2.75) is 103 Å². The number of ether oxygens (including phenoxy) is 1. The van der Waals surface area contributed by atoms with E-state index in [0.717, 1.165) is 46.3 Å². The lowest BCUT2D eigenvalue weighted by molar-refractivity contribution is -0.129. The van der Waals surface area contributed by atoms with Gasteiger partial charge in [0.25, 0.3) is 0 Å². The van der Waals surface area contributed by atoms with Crippen molar-refractivity contribution in [2.24, 2.45) is 17.8 Å². The van der Waals surface area contributed by atoms with Crippen molar-refractivity contribution in [1.29, 1.82) is 0 Å². The standard InChI is InChI=1S/C41H52N4O7S/c1-25(2)45-53(50,51)34-16-17-35(26(3)19-34)29-11-7-27(8-12-29)20-32(39(48)43-33-15-18-36-31(21-33)23-38(47)44-36)22-37(46)30-13-9-28(10-14-30)24-42-40(49)52-41(4,5)6/h7-8,11-12,15-19,21,25,28,30,32,45H,9-10,13-14,20,22-24H2,1-6H3,(H,42,49)(H,43,48)(H,44,47)/t28?,30?,32-/m1/s1. The van der Waals surface area contributed by atoms with Gasteiger partial charge in [-0.05, 0) is 138 Å². The summed E-state index contributed by atoms with van der Waals surface area (Å²) >= 11 is 0. The minimum absolute atomic E-state index is 0.0571. The maximum atomic E-state index is 13.9. The number of nitrogens with one attached hydrogen (secondary N) is 4. The van der Waals surface area contributed by atoms with Crippen molar-refractivity contribution in [3.8, 4) is 11.1 Å². The van der Waals surface area contributed by atoms with Crippen molar-refractivity contribution in [3.05, 3.63) is 77.4 Å². The molecule has 1 aliphatic heterocycles. The summed E-state index contributed by atoms with van der Waals surface area (Å²) in [6.45, 7) is 11.4. The minimum Gasteiger partial charge on any atom is -0.444 e. The van der Waals surface area contributed by atoms with Crippen molar-refractivity contribution < 1.29 is 32.3 Å². The van der Waals surface area contributed by atoms with Gasteiger partial charge < -0.3 is 20.7 Å². The van der Waals surface area contributed by atoms with E-state index in [1.165, 1.54) is 0 Å². The minimum atomic E-state index is -3.62. The number of benzene rings is 3. The number of carbonyl (C=O) groups is 4. The van der Waals surface area contributed by atoms with E-state index in [9.17, 15) is 27.6 Å². The van der Waals surface area contributed by atoms with E-state index in [4.69, 9.17) is 4.74 Å². The molecule has 0 radical (unpaired) electrons. The fraction of sp³-hybridized carbons (Fsp3) is 0.463. The van der Waals surface area contributed by atoms with E-state index in [1.54, 1.807) is 50.2 Å². The highest BCUT2D eigenvalue weighted by atomic mass is 32.2. The fourth-order valence-corrected chi connectivity index (χ4v) is 8.40. The molecule has 1 aliphatic carbocycles. The molecular weight excluding hydrogens is 693 g/mol. The molecule has 0 aromatic heterocycles. The molecule has 5 rings (SSSR count). The van der Waals surface area contributed by atoms with Crippen LogP contribution >= 0.6 is 0 Å². The number of amides is 3. The monoisotopic (exact) mass is 744 g/mol. The molecule has 12 heteroatoms. The maximum Gasteiger partial charge on any atom is 0.407 e. The zero-order chi connectivity index (χ0) is 38.5. The zero-order valence-electron chi connectivity index (χ0n) is 31.5. The lowest BCUT2D eigenvalue weighted by Gasteiger charge is -2.29. The molecule has 0 bridgehead atoms. The predicted octanol–water partition coefficient (Wildman–Crippen LogP) is 6.93. The fourth-order valence-electron chi connectivity index (χ4n) is 7.06. The van der Waals surface area contributed by atoms with E-state index in [-0.39, 0.29) is 53.2 Å². The maximum absolute atomic E-state index is 13.9. The van der Waals surface area contributed by atoms with Crippen molar-refractivity contribution in [2.75, 3.05) is 17.2 Å². The molecule has 2 aliphatic rings. The summed E-state index contributed by atoms with van der Waals surface area (Å²) in [5.74, 6) is -0.837. The third kappa shape index (κ3) is 11.0. The molecule has 3 amide bonds. The van der Waals surface area contributed by atoms with Gasteiger partial charge in [-0.25, -0.2) is 17.9 Å². The molecule has 4 N–H and O–H groups in total. The highest BCUT2D eigenvalue weighted by molar-refractivity contribution is 7.89. The molecule has 0 saturated heterocycles. The Morgan fingerprint density at radius 1 is 0.943 bits per heavy atom. The molecule has 0 unspecified atom stereocenters. The van der Waals surface area contributed by atoms with Crippen LogP contribution in [0.3, 0.4) is 0 Å². The zero-order valence-corrected chi connectivity index (χ0v) is 32.3. The Morgan fingerprint density at radius 3 is 2.28 bits per heavy atom. The van der Waals surface area contributed by atoms with Crippen LogP contribution in [0.5, 0.6) is 0 Å². The number of alkyl carbamates (subject to hydrolysis) is 1. The molecule has 53 heavy (non-hydrogen) atoms. The van der Waals surface area contributed by atoms with Crippen LogP contribution in [0.4, 0.5) is 16.2 Å². The second kappa shape index (κ2) is 16.6. The highest BCUT2D eigenvalue weighted by Gasteiger charge is 2.31. The molecule has 3 aromatic carbocycles. The molecule has 284 valence electrons. The Hall–Kier alpha value is -4.55. The molecular formula is C41H52N4O7S. The highest BCUT2D eigenvalue weighted by Crippen LogP contribution is 2.33. The number of sulfonamides is 1. The molecule has 1 fully saturated rings. The lowest BCUT2D eigenvalue weighted by atomic mass is 9.77. The van der Waals surface area contributed by atoms with E-state index in [0.29, 0.717) is 31.5 Å². The molecule has 0 spiro atoms. The summed E-state index contributed by atoms with van der Waals surface area (Å²) in [5.41, 5.74) is 5.05. The molecule has 1 heterocycles. The number of carbonyl (C=O) groups excluding carboxylic acids is 4. The van der Waals surface area contributed by atoms with E-state index >= 15 is 0 Å². The normalized spacial score (nSPS) is 17.8. The molecule has 1 atom stereocenters. The first-order valence-corrected chi connectivity index (χ1v) is 19.9. The number of ketones is 1.